The standard InChI is InChI=1S/C12H14BrNO3.C11H12BrNO3/c1-16-11(15)12(4-6-17-7-5-12)10-3-2-9(13)8-14-10;12-8-1-2-9(13-7-8)11(10(14)15)3-5-16-6-4-11/h2-3,8H,4-7H2,1H3;1-2,7H,3-6H2,(H,14,15). The third-order valence-corrected chi connectivity index (χ3v) is 7.05. The van der Waals surface area contributed by atoms with Crippen LogP contribution in [0.3, 0.4) is 0 Å². The molecule has 0 spiro atoms. The summed E-state index contributed by atoms with van der Waals surface area (Å²) in [5.74, 6) is -1.04. The summed E-state index contributed by atoms with van der Waals surface area (Å²) in [6.07, 6.45) is 5.54. The van der Waals surface area contributed by atoms with Gasteiger partial charge in [-0.15, -0.1) is 0 Å². The molecular weight excluding hydrogens is 560 g/mol. The molecule has 2 aliphatic rings. The Morgan fingerprint density at radius 3 is 1.64 bits per heavy atom. The first-order chi connectivity index (χ1) is 15.8. The highest BCUT2D eigenvalue weighted by Crippen LogP contribution is 2.36. The molecule has 0 radical (unpaired) electrons. The fourth-order valence-electron chi connectivity index (χ4n) is 4.10. The lowest BCUT2D eigenvalue weighted by atomic mass is 9.77. The Morgan fingerprint density at radius 2 is 1.27 bits per heavy atom. The van der Waals surface area contributed by atoms with Crippen LogP contribution in [-0.2, 0) is 34.6 Å². The van der Waals surface area contributed by atoms with Crippen molar-refractivity contribution in [1.29, 1.82) is 0 Å². The van der Waals surface area contributed by atoms with E-state index in [-0.39, 0.29) is 5.97 Å². The molecule has 4 rings (SSSR count). The van der Waals surface area contributed by atoms with Gasteiger partial charge in [-0.05, 0) is 81.8 Å². The zero-order valence-corrected chi connectivity index (χ0v) is 21.4. The first kappa shape index (κ1) is 25.7. The van der Waals surface area contributed by atoms with Gasteiger partial charge in [-0.25, -0.2) is 0 Å². The van der Waals surface area contributed by atoms with Crippen LogP contribution in [0.15, 0.2) is 45.6 Å². The van der Waals surface area contributed by atoms with Crippen molar-refractivity contribution in [2.24, 2.45) is 0 Å². The number of hydrogen-bond acceptors (Lipinski definition) is 7. The molecule has 0 bridgehead atoms. The molecule has 8 nitrogen and oxygen atoms in total. The molecule has 0 aliphatic carbocycles. The summed E-state index contributed by atoms with van der Waals surface area (Å²) in [7, 11) is 1.42. The van der Waals surface area contributed by atoms with Crippen LogP contribution >= 0.6 is 31.9 Å². The number of carbonyl (C=O) groups excluding carboxylic acids is 1. The molecule has 2 fully saturated rings. The van der Waals surface area contributed by atoms with Crippen LogP contribution in [0.5, 0.6) is 0 Å². The van der Waals surface area contributed by atoms with Crippen molar-refractivity contribution in [3.8, 4) is 0 Å². The number of aliphatic carboxylic acids is 1. The summed E-state index contributed by atoms with van der Waals surface area (Å²) in [4.78, 5) is 32.1. The smallest absolute Gasteiger partial charge is 0.318 e. The fraction of sp³-hybridized carbons (Fsp3) is 0.478. The minimum Gasteiger partial charge on any atom is -0.481 e. The summed E-state index contributed by atoms with van der Waals surface area (Å²) in [6, 6.07) is 7.35. The van der Waals surface area contributed by atoms with Crippen LogP contribution in [0, 0.1) is 0 Å². The van der Waals surface area contributed by atoms with E-state index >= 15 is 0 Å². The van der Waals surface area contributed by atoms with Crippen molar-refractivity contribution in [3.05, 3.63) is 57.0 Å². The van der Waals surface area contributed by atoms with E-state index in [2.05, 4.69) is 41.8 Å². The van der Waals surface area contributed by atoms with Crippen LogP contribution in [0.2, 0.25) is 0 Å². The van der Waals surface area contributed by atoms with Gasteiger partial charge in [-0.2, -0.15) is 0 Å². The second-order valence-corrected chi connectivity index (χ2v) is 9.74. The Kier molecular flexibility index (Phi) is 8.97. The Hall–Kier alpha value is -1.88. The van der Waals surface area contributed by atoms with Crippen LogP contribution in [0.4, 0.5) is 0 Å². The second kappa shape index (κ2) is 11.5. The van der Waals surface area contributed by atoms with Gasteiger partial charge in [0.2, 0.25) is 0 Å². The van der Waals surface area contributed by atoms with E-state index in [9.17, 15) is 14.7 Å². The fourth-order valence-corrected chi connectivity index (χ4v) is 4.57. The van der Waals surface area contributed by atoms with Crippen molar-refractivity contribution in [1.82, 2.24) is 9.97 Å². The number of halogens is 2. The summed E-state index contributed by atoms with van der Waals surface area (Å²) < 4.78 is 17.2. The lowest BCUT2D eigenvalue weighted by Gasteiger charge is -2.33. The predicted molar refractivity (Wildman–Crippen MR) is 127 cm³/mol. The SMILES string of the molecule is COC(=O)C1(c2ccc(Br)cn2)CCOCC1.O=C(O)C1(c2ccc(Br)cn2)CCOCC1. The normalized spacial score (nSPS) is 19.0. The molecule has 0 saturated carbocycles. The quantitative estimate of drug-likeness (QED) is 0.536. The number of carboxylic acid groups (broad SMARTS) is 1. The van der Waals surface area contributed by atoms with Gasteiger partial charge >= 0.3 is 11.9 Å². The van der Waals surface area contributed by atoms with Gasteiger partial charge < -0.3 is 19.3 Å². The summed E-state index contributed by atoms with van der Waals surface area (Å²) >= 11 is 6.63. The summed E-state index contributed by atoms with van der Waals surface area (Å²) in [6.45, 7) is 2.08. The molecule has 0 amide bonds. The number of aromatic nitrogens is 2. The molecule has 10 heteroatoms. The van der Waals surface area contributed by atoms with E-state index in [0.29, 0.717) is 57.8 Å². The van der Waals surface area contributed by atoms with Crippen LogP contribution in [-0.4, -0.2) is 60.6 Å². The molecule has 0 aromatic carbocycles. The Labute approximate surface area is 209 Å². The van der Waals surface area contributed by atoms with Crippen molar-refractivity contribution in [2.75, 3.05) is 33.5 Å². The number of carboxylic acids is 1. The van der Waals surface area contributed by atoms with Crippen molar-refractivity contribution in [3.63, 3.8) is 0 Å². The largest absolute Gasteiger partial charge is 0.481 e. The first-order valence-electron chi connectivity index (χ1n) is 10.6. The van der Waals surface area contributed by atoms with Crippen molar-refractivity contribution < 1.29 is 28.9 Å². The average molecular weight is 586 g/mol. The number of hydrogen-bond donors (Lipinski definition) is 1. The van der Waals surface area contributed by atoms with E-state index in [1.165, 1.54) is 7.11 Å². The number of carbonyl (C=O) groups is 2. The highest BCUT2D eigenvalue weighted by molar-refractivity contribution is 9.10. The average Bonchev–Trinajstić information content (AvgIpc) is 2.85. The number of ether oxygens (including phenoxy) is 3. The number of nitrogens with zero attached hydrogens (tertiary/aromatic N) is 2. The third kappa shape index (κ3) is 5.79. The number of esters is 1. The molecular formula is C23H26Br2N2O6. The van der Waals surface area contributed by atoms with Gasteiger partial charge in [0.15, 0.2) is 0 Å². The Balaban J connectivity index is 0.000000186. The lowest BCUT2D eigenvalue weighted by Crippen LogP contribution is -2.42. The van der Waals surface area contributed by atoms with E-state index in [1.54, 1.807) is 18.5 Å². The maximum Gasteiger partial charge on any atom is 0.318 e. The maximum absolute atomic E-state index is 12.0. The Bertz CT molecular complexity index is 940. The highest BCUT2D eigenvalue weighted by Gasteiger charge is 2.44. The van der Waals surface area contributed by atoms with Crippen molar-refractivity contribution >= 4 is 43.8 Å². The molecule has 2 aromatic heterocycles. The van der Waals surface area contributed by atoms with E-state index in [1.807, 2.05) is 18.2 Å². The van der Waals surface area contributed by atoms with Gasteiger partial charge in [-0.3, -0.25) is 19.6 Å². The molecule has 178 valence electrons. The van der Waals surface area contributed by atoms with Gasteiger partial charge in [0, 0.05) is 47.8 Å². The topological polar surface area (TPSA) is 108 Å². The van der Waals surface area contributed by atoms with Crippen LogP contribution in [0.25, 0.3) is 0 Å². The van der Waals surface area contributed by atoms with Gasteiger partial charge in [0.05, 0.1) is 18.5 Å². The number of methoxy groups -OCH3 is 1. The van der Waals surface area contributed by atoms with E-state index in [0.717, 1.165) is 14.6 Å². The van der Waals surface area contributed by atoms with E-state index < -0.39 is 16.8 Å². The summed E-state index contributed by atoms with van der Waals surface area (Å²) in [5, 5.41) is 9.40. The van der Waals surface area contributed by atoms with Crippen molar-refractivity contribution in [2.45, 2.75) is 36.5 Å². The monoisotopic (exact) mass is 584 g/mol. The Morgan fingerprint density at radius 1 is 0.848 bits per heavy atom. The maximum atomic E-state index is 12.0. The zero-order valence-electron chi connectivity index (χ0n) is 18.3. The minimum absolute atomic E-state index is 0.226. The van der Waals surface area contributed by atoms with Gasteiger partial charge in [0.25, 0.3) is 0 Å². The highest BCUT2D eigenvalue weighted by atomic mass is 79.9. The minimum atomic E-state index is -0.876. The second-order valence-electron chi connectivity index (χ2n) is 7.91. The number of rotatable bonds is 4. The molecule has 0 atom stereocenters. The molecule has 2 aromatic rings. The molecule has 2 aliphatic heterocycles. The van der Waals surface area contributed by atoms with E-state index in [4.69, 9.17) is 14.2 Å². The molecule has 2 saturated heterocycles. The van der Waals surface area contributed by atoms with Gasteiger partial charge in [-0.1, -0.05) is 0 Å². The molecule has 33 heavy (non-hydrogen) atoms. The molecule has 0 unspecified atom stereocenters. The first-order valence-corrected chi connectivity index (χ1v) is 12.1. The molecule has 1 N–H and O–H groups in total. The van der Waals surface area contributed by atoms with Crippen LogP contribution < -0.4 is 0 Å². The summed E-state index contributed by atoms with van der Waals surface area (Å²) in [5.41, 5.74) is -0.144. The van der Waals surface area contributed by atoms with Crippen LogP contribution in [0.1, 0.15) is 37.1 Å². The number of pyridine rings is 2. The van der Waals surface area contributed by atoms with Gasteiger partial charge in [0.1, 0.15) is 10.8 Å². The lowest BCUT2D eigenvalue weighted by molar-refractivity contribution is -0.152. The molecule has 4 heterocycles. The predicted octanol–water partition coefficient (Wildman–Crippen LogP) is 4.04. The zero-order chi connectivity index (χ0) is 23.9. The third-order valence-electron chi connectivity index (χ3n) is 6.11.